The zero-order valence-corrected chi connectivity index (χ0v) is 11.7. The normalized spacial score (nSPS) is 12.6. The van der Waals surface area contributed by atoms with Gasteiger partial charge in [-0.1, -0.05) is 28.1 Å². The van der Waals surface area contributed by atoms with Crippen LogP contribution in [-0.2, 0) is 13.6 Å². The largest absolute Gasteiger partial charge is 0.357 e. The summed E-state index contributed by atoms with van der Waals surface area (Å²) in [4.78, 5) is 0. The molecule has 2 aromatic rings. The summed E-state index contributed by atoms with van der Waals surface area (Å²) in [5, 5.41) is 3.52. The van der Waals surface area contributed by atoms with E-state index < -0.39 is 0 Å². The van der Waals surface area contributed by atoms with Crippen LogP contribution in [0.15, 0.2) is 47.2 Å². The molecule has 0 aliphatic rings. The number of nitrogens with zero attached hydrogens (tertiary/aromatic N) is 1. The second kappa shape index (κ2) is 5.52. The Bertz CT molecular complexity index is 473. The first kappa shape index (κ1) is 12.4. The summed E-state index contributed by atoms with van der Waals surface area (Å²) in [7, 11) is 2.04. The Hall–Kier alpha value is -1.06. The summed E-state index contributed by atoms with van der Waals surface area (Å²) in [5.41, 5.74) is 2.63. The van der Waals surface area contributed by atoms with Crippen molar-refractivity contribution in [2.75, 3.05) is 0 Å². The molecular formula is C14H17BrN2. The highest BCUT2D eigenvalue weighted by molar-refractivity contribution is 9.10. The van der Waals surface area contributed by atoms with E-state index in [0.29, 0.717) is 6.04 Å². The van der Waals surface area contributed by atoms with Gasteiger partial charge in [0.2, 0.25) is 0 Å². The van der Waals surface area contributed by atoms with Crippen molar-refractivity contribution in [3.05, 3.63) is 58.3 Å². The number of nitrogens with one attached hydrogen (secondary N) is 1. The molecule has 0 spiro atoms. The second-order valence-electron chi connectivity index (χ2n) is 4.34. The molecule has 0 saturated heterocycles. The molecule has 0 amide bonds. The summed E-state index contributed by atoms with van der Waals surface area (Å²) < 4.78 is 3.19. The van der Waals surface area contributed by atoms with Crippen molar-refractivity contribution in [2.45, 2.75) is 19.5 Å². The van der Waals surface area contributed by atoms with Crippen molar-refractivity contribution in [1.82, 2.24) is 9.88 Å². The number of aryl methyl sites for hydroxylation is 1. The minimum atomic E-state index is 0.364. The molecule has 1 heterocycles. The van der Waals surface area contributed by atoms with Crippen molar-refractivity contribution in [1.29, 1.82) is 0 Å². The fraction of sp³-hybridized carbons (Fsp3) is 0.286. The number of hydrogen-bond acceptors (Lipinski definition) is 1. The molecule has 0 fully saturated rings. The highest BCUT2D eigenvalue weighted by Crippen LogP contribution is 2.16. The molecule has 3 heteroatoms. The summed E-state index contributed by atoms with van der Waals surface area (Å²) in [6.45, 7) is 3.09. The van der Waals surface area contributed by atoms with Crippen LogP contribution in [0, 0.1) is 0 Å². The predicted molar refractivity (Wildman–Crippen MR) is 74.8 cm³/mol. The van der Waals surface area contributed by atoms with Gasteiger partial charge in [-0.15, -0.1) is 0 Å². The minimum absolute atomic E-state index is 0.364. The van der Waals surface area contributed by atoms with Gasteiger partial charge in [-0.05, 0) is 36.2 Å². The van der Waals surface area contributed by atoms with E-state index in [1.165, 1.54) is 11.1 Å². The van der Waals surface area contributed by atoms with Gasteiger partial charge in [0.1, 0.15) is 0 Å². The van der Waals surface area contributed by atoms with Gasteiger partial charge >= 0.3 is 0 Å². The number of hydrogen-bond donors (Lipinski definition) is 1. The lowest BCUT2D eigenvalue weighted by Gasteiger charge is -2.13. The smallest absolute Gasteiger partial charge is 0.0294 e. The molecular weight excluding hydrogens is 276 g/mol. The van der Waals surface area contributed by atoms with E-state index in [-0.39, 0.29) is 0 Å². The van der Waals surface area contributed by atoms with Crippen molar-refractivity contribution in [3.8, 4) is 0 Å². The molecule has 0 bridgehead atoms. The average Bonchev–Trinajstić information content (AvgIpc) is 2.73. The number of halogens is 1. The molecule has 1 N–H and O–H groups in total. The third-order valence-electron chi connectivity index (χ3n) is 2.88. The van der Waals surface area contributed by atoms with Gasteiger partial charge < -0.3 is 9.88 Å². The molecule has 0 radical (unpaired) electrons. The van der Waals surface area contributed by atoms with Crippen LogP contribution >= 0.6 is 15.9 Å². The van der Waals surface area contributed by atoms with Crippen LogP contribution in [0.2, 0.25) is 0 Å². The fourth-order valence-electron chi connectivity index (χ4n) is 1.81. The van der Waals surface area contributed by atoms with Crippen molar-refractivity contribution in [2.24, 2.45) is 7.05 Å². The first-order valence-electron chi connectivity index (χ1n) is 5.75. The lowest BCUT2D eigenvalue weighted by molar-refractivity contribution is 0.574. The van der Waals surface area contributed by atoms with Crippen LogP contribution in [0.25, 0.3) is 0 Å². The Morgan fingerprint density at radius 2 is 1.94 bits per heavy atom. The van der Waals surface area contributed by atoms with E-state index in [2.05, 4.69) is 75.5 Å². The fourth-order valence-corrected chi connectivity index (χ4v) is 2.07. The first-order valence-corrected chi connectivity index (χ1v) is 6.54. The Morgan fingerprint density at radius 3 is 2.53 bits per heavy atom. The molecule has 90 valence electrons. The topological polar surface area (TPSA) is 17.0 Å². The van der Waals surface area contributed by atoms with Crippen LogP contribution in [0.1, 0.15) is 24.1 Å². The van der Waals surface area contributed by atoms with Crippen molar-refractivity contribution >= 4 is 15.9 Å². The molecule has 1 atom stereocenters. The highest BCUT2D eigenvalue weighted by atomic mass is 79.9. The van der Waals surface area contributed by atoms with Gasteiger partial charge in [0.15, 0.2) is 0 Å². The summed E-state index contributed by atoms with van der Waals surface area (Å²) in [6, 6.07) is 11.0. The lowest BCUT2D eigenvalue weighted by Crippen LogP contribution is -2.17. The average molecular weight is 293 g/mol. The quantitative estimate of drug-likeness (QED) is 0.910. The van der Waals surface area contributed by atoms with Crippen molar-refractivity contribution < 1.29 is 0 Å². The van der Waals surface area contributed by atoms with Crippen molar-refractivity contribution in [3.63, 3.8) is 0 Å². The molecule has 1 aromatic heterocycles. The lowest BCUT2D eigenvalue weighted by atomic mass is 10.1. The van der Waals surface area contributed by atoms with E-state index in [1.807, 2.05) is 7.05 Å². The minimum Gasteiger partial charge on any atom is -0.357 e. The molecule has 0 saturated carbocycles. The van der Waals surface area contributed by atoms with Gasteiger partial charge in [0.05, 0.1) is 0 Å². The van der Waals surface area contributed by atoms with Gasteiger partial charge in [-0.2, -0.15) is 0 Å². The summed E-state index contributed by atoms with van der Waals surface area (Å²) in [5.74, 6) is 0. The number of benzene rings is 1. The zero-order chi connectivity index (χ0) is 12.3. The Morgan fingerprint density at radius 1 is 1.24 bits per heavy atom. The van der Waals surface area contributed by atoms with Crippen LogP contribution < -0.4 is 5.32 Å². The molecule has 1 aromatic carbocycles. The van der Waals surface area contributed by atoms with E-state index in [4.69, 9.17) is 0 Å². The molecule has 0 aliphatic heterocycles. The summed E-state index contributed by atoms with van der Waals surface area (Å²) in [6.07, 6.45) is 4.21. The maximum Gasteiger partial charge on any atom is 0.0294 e. The molecule has 17 heavy (non-hydrogen) atoms. The van der Waals surface area contributed by atoms with Gasteiger partial charge in [0.25, 0.3) is 0 Å². The Labute approximate surface area is 111 Å². The molecule has 2 rings (SSSR count). The first-order chi connectivity index (χ1) is 8.15. The van der Waals surface area contributed by atoms with Gasteiger partial charge in [-0.3, -0.25) is 0 Å². The Balaban J connectivity index is 1.93. The maximum atomic E-state index is 3.52. The molecule has 0 aliphatic carbocycles. The molecule has 2 nitrogen and oxygen atoms in total. The second-order valence-corrected chi connectivity index (χ2v) is 5.26. The third kappa shape index (κ3) is 3.45. The van der Waals surface area contributed by atoms with Crippen LogP contribution in [0.4, 0.5) is 0 Å². The molecule has 0 unspecified atom stereocenters. The van der Waals surface area contributed by atoms with Crippen LogP contribution in [-0.4, -0.2) is 4.57 Å². The predicted octanol–water partition coefficient (Wildman–Crippen LogP) is 3.64. The van der Waals surface area contributed by atoms with Gasteiger partial charge in [-0.25, -0.2) is 0 Å². The van der Waals surface area contributed by atoms with Gasteiger partial charge in [0, 0.05) is 36.5 Å². The number of rotatable bonds is 4. The van der Waals surface area contributed by atoms with Crippen LogP contribution in [0.3, 0.4) is 0 Å². The number of aromatic nitrogens is 1. The maximum absolute atomic E-state index is 3.52. The highest BCUT2D eigenvalue weighted by Gasteiger charge is 2.04. The standard InChI is InChI=1S/C14H17BrN2/c1-11(13-3-5-14(15)6-4-13)16-9-12-7-8-17(2)10-12/h3-8,10-11,16H,9H2,1-2H3/t11-/m1/s1. The van der Waals surface area contributed by atoms with Crippen LogP contribution in [0.5, 0.6) is 0 Å². The van der Waals surface area contributed by atoms with E-state index >= 15 is 0 Å². The van der Waals surface area contributed by atoms with E-state index in [0.717, 1.165) is 11.0 Å². The Kier molecular flexibility index (Phi) is 4.02. The van der Waals surface area contributed by atoms with E-state index in [1.54, 1.807) is 0 Å². The monoisotopic (exact) mass is 292 g/mol. The third-order valence-corrected chi connectivity index (χ3v) is 3.40. The van der Waals surface area contributed by atoms with E-state index in [9.17, 15) is 0 Å². The zero-order valence-electron chi connectivity index (χ0n) is 10.2. The SMILES string of the molecule is C[C@@H](NCc1ccn(C)c1)c1ccc(Br)cc1. The summed E-state index contributed by atoms with van der Waals surface area (Å²) >= 11 is 3.45.